The van der Waals surface area contributed by atoms with Gasteiger partial charge in [0.15, 0.2) is 5.58 Å². The average Bonchev–Trinajstić information content (AvgIpc) is 2.91. The summed E-state index contributed by atoms with van der Waals surface area (Å²) in [5.74, 6) is 0.549. The van der Waals surface area contributed by atoms with Gasteiger partial charge in [0.05, 0.1) is 5.60 Å². The third-order valence-electron chi connectivity index (χ3n) is 3.24. The Morgan fingerprint density at radius 2 is 1.73 bits per heavy atom. The first-order valence-electron chi connectivity index (χ1n) is 7.43. The van der Waals surface area contributed by atoms with Gasteiger partial charge < -0.3 is 15.3 Å². The fourth-order valence-corrected chi connectivity index (χ4v) is 2.22. The number of oxazole rings is 1. The molecule has 0 amide bonds. The molecule has 4 heteroatoms. The highest BCUT2D eigenvalue weighted by atomic mass is 16.3. The standard InChI is InChI=1S/C16H16N2O2.C2H6/c1-16(2,19)11-8-14-13(9-12(11)17)18-15(20-14)10-6-4-3-5-7-10;1-2/h3-9,19H,17H2,1-2H3;1-2H3. The van der Waals surface area contributed by atoms with Crippen molar-refractivity contribution < 1.29 is 9.52 Å². The highest BCUT2D eigenvalue weighted by Crippen LogP contribution is 2.32. The van der Waals surface area contributed by atoms with Gasteiger partial charge in [-0.2, -0.15) is 0 Å². The minimum absolute atomic E-state index is 0.512. The van der Waals surface area contributed by atoms with Gasteiger partial charge in [-0.1, -0.05) is 32.0 Å². The van der Waals surface area contributed by atoms with E-state index in [0.29, 0.717) is 28.2 Å². The van der Waals surface area contributed by atoms with Crippen molar-refractivity contribution in [1.29, 1.82) is 0 Å². The molecule has 116 valence electrons. The van der Waals surface area contributed by atoms with Crippen LogP contribution >= 0.6 is 0 Å². The quantitative estimate of drug-likeness (QED) is 0.691. The van der Waals surface area contributed by atoms with Crippen molar-refractivity contribution in [3.63, 3.8) is 0 Å². The molecule has 1 aromatic heterocycles. The second-order valence-electron chi connectivity index (χ2n) is 5.35. The Morgan fingerprint density at radius 1 is 1.09 bits per heavy atom. The van der Waals surface area contributed by atoms with Gasteiger partial charge in [0.1, 0.15) is 5.52 Å². The van der Waals surface area contributed by atoms with Crippen molar-refractivity contribution in [2.75, 3.05) is 5.73 Å². The predicted molar refractivity (Wildman–Crippen MR) is 90.5 cm³/mol. The Bertz CT molecular complexity index is 756. The van der Waals surface area contributed by atoms with Crippen molar-refractivity contribution in [3.8, 4) is 11.5 Å². The summed E-state index contributed by atoms with van der Waals surface area (Å²) in [5.41, 5.74) is 8.33. The molecule has 3 aromatic rings. The molecule has 3 rings (SSSR count). The van der Waals surface area contributed by atoms with Gasteiger partial charge in [-0.15, -0.1) is 0 Å². The van der Waals surface area contributed by atoms with Crippen LogP contribution in [0.1, 0.15) is 33.3 Å². The molecule has 0 fully saturated rings. The lowest BCUT2D eigenvalue weighted by atomic mass is 9.96. The van der Waals surface area contributed by atoms with Gasteiger partial charge in [-0.3, -0.25) is 0 Å². The van der Waals surface area contributed by atoms with Crippen LogP contribution in [0, 0.1) is 0 Å². The summed E-state index contributed by atoms with van der Waals surface area (Å²) < 4.78 is 5.77. The van der Waals surface area contributed by atoms with E-state index in [1.807, 2.05) is 44.2 Å². The molecular weight excluding hydrogens is 276 g/mol. The van der Waals surface area contributed by atoms with Gasteiger partial charge >= 0.3 is 0 Å². The number of fused-ring (bicyclic) bond motifs is 1. The van der Waals surface area contributed by atoms with Crippen LogP contribution in [-0.2, 0) is 5.60 Å². The molecule has 0 aliphatic rings. The fraction of sp³-hybridized carbons (Fsp3) is 0.278. The summed E-state index contributed by atoms with van der Waals surface area (Å²) in [5, 5.41) is 10.1. The summed E-state index contributed by atoms with van der Waals surface area (Å²) >= 11 is 0. The zero-order valence-corrected chi connectivity index (χ0v) is 13.4. The number of hydrogen-bond acceptors (Lipinski definition) is 4. The molecule has 3 N–H and O–H groups in total. The Morgan fingerprint density at radius 3 is 2.32 bits per heavy atom. The number of benzene rings is 2. The maximum absolute atomic E-state index is 10.1. The third-order valence-corrected chi connectivity index (χ3v) is 3.24. The van der Waals surface area contributed by atoms with Crippen molar-refractivity contribution >= 4 is 16.8 Å². The Labute approximate surface area is 130 Å². The highest BCUT2D eigenvalue weighted by molar-refractivity contribution is 5.81. The number of rotatable bonds is 2. The fourth-order valence-electron chi connectivity index (χ4n) is 2.22. The van der Waals surface area contributed by atoms with E-state index < -0.39 is 5.60 Å². The maximum atomic E-state index is 10.1. The Kier molecular flexibility index (Phi) is 4.52. The van der Waals surface area contributed by atoms with E-state index in [0.717, 1.165) is 5.56 Å². The van der Waals surface area contributed by atoms with Crippen LogP contribution in [0.3, 0.4) is 0 Å². The minimum Gasteiger partial charge on any atom is -0.436 e. The van der Waals surface area contributed by atoms with Crippen LogP contribution in [0.2, 0.25) is 0 Å². The second-order valence-corrected chi connectivity index (χ2v) is 5.35. The van der Waals surface area contributed by atoms with E-state index >= 15 is 0 Å². The lowest BCUT2D eigenvalue weighted by molar-refractivity contribution is 0.0794. The monoisotopic (exact) mass is 298 g/mol. The first-order chi connectivity index (χ1) is 10.4. The molecule has 0 aliphatic carbocycles. The topological polar surface area (TPSA) is 72.3 Å². The summed E-state index contributed by atoms with van der Waals surface area (Å²) in [7, 11) is 0. The first kappa shape index (κ1) is 16.0. The van der Waals surface area contributed by atoms with Crippen molar-refractivity contribution in [2.45, 2.75) is 33.3 Å². The molecule has 22 heavy (non-hydrogen) atoms. The Hall–Kier alpha value is -2.33. The van der Waals surface area contributed by atoms with Gasteiger partial charge in [-0.05, 0) is 38.1 Å². The number of aliphatic hydroxyl groups is 1. The largest absolute Gasteiger partial charge is 0.436 e. The number of hydrogen-bond donors (Lipinski definition) is 2. The van der Waals surface area contributed by atoms with Crippen molar-refractivity contribution in [1.82, 2.24) is 4.98 Å². The van der Waals surface area contributed by atoms with Gasteiger partial charge in [0.25, 0.3) is 0 Å². The van der Waals surface area contributed by atoms with Gasteiger partial charge in [0.2, 0.25) is 5.89 Å². The lowest BCUT2D eigenvalue weighted by Gasteiger charge is -2.19. The molecule has 0 spiro atoms. The highest BCUT2D eigenvalue weighted by Gasteiger charge is 2.21. The van der Waals surface area contributed by atoms with Crippen LogP contribution in [0.25, 0.3) is 22.6 Å². The summed E-state index contributed by atoms with van der Waals surface area (Å²) in [6.07, 6.45) is 0. The smallest absolute Gasteiger partial charge is 0.227 e. The molecule has 0 aliphatic heterocycles. The van der Waals surface area contributed by atoms with E-state index in [4.69, 9.17) is 10.2 Å². The van der Waals surface area contributed by atoms with Crippen molar-refractivity contribution in [2.24, 2.45) is 0 Å². The summed E-state index contributed by atoms with van der Waals surface area (Å²) in [4.78, 5) is 4.44. The van der Waals surface area contributed by atoms with E-state index in [2.05, 4.69) is 4.98 Å². The lowest BCUT2D eigenvalue weighted by Crippen LogP contribution is -2.17. The van der Waals surface area contributed by atoms with E-state index in [9.17, 15) is 5.11 Å². The normalized spacial score (nSPS) is 11.1. The molecule has 0 bridgehead atoms. The average molecular weight is 298 g/mol. The number of nitrogens with zero attached hydrogens (tertiary/aromatic N) is 1. The SMILES string of the molecule is CC.CC(C)(O)c1cc2oc(-c3ccccc3)nc2cc1N. The second kappa shape index (κ2) is 6.20. The first-order valence-corrected chi connectivity index (χ1v) is 7.43. The zero-order valence-electron chi connectivity index (χ0n) is 13.4. The molecule has 0 unspecified atom stereocenters. The van der Waals surface area contributed by atoms with Gasteiger partial charge in [0, 0.05) is 16.8 Å². The van der Waals surface area contributed by atoms with Crippen LogP contribution in [0.4, 0.5) is 5.69 Å². The maximum Gasteiger partial charge on any atom is 0.227 e. The van der Waals surface area contributed by atoms with Crippen molar-refractivity contribution in [3.05, 3.63) is 48.0 Å². The molecule has 0 radical (unpaired) electrons. The summed E-state index contributed by atoms with van der Waals surface area (Å²) in [6.45, 7) is 7.39. The molecule has 0 atom stereocenters. The van der Waals surface area contributed by atoms with Crippen LogP contribution in [0.5, 0.6) is 0 Å². The minimum atomic E-state index is -1.02. The molecule has 4 nitrogen and oxygen atoms in total. The molecule has 2 aromatic carbocycles. The van der Waals surface area contributed by atoms with E-state index in [1.54, 1.807) is 26.0 Å². The van der Waals surface area contributed by atoms with E-state index in [1.165, 1.54) is 0 Å². The number of aromatic nitrogens is 1. The van der Waals surface area contributed by atoms with Crippen LogP contribution in [-0.4, -0.2) is 10.1 Å². The predicted octanol–water partition coefficient (Wildman–Crippen LogP) is 4.33. The third kappa shape index (κ3) is 3.12. The Balaban J connectivity index is 0.000000847. The molecule has 1 heterocycles. The van der Waals surface area contributed by atoms with Gasteiger partial charge in [-0.25, -0.2) is 4.98 Å². The zero-order chi connectivity index (χ0) is 16.3. The van der Waals surface area contributed by atoms with Crippen LogP contribution in [0.15, 0.2) is 46.9 Å². The van der Waals surface area contributed by atoms with E-state index in [-0.39, 0.29) is 0 Å². The molecule has 0 saturated carbocycles. The summed E-state index contributed by atoms with van der Waals surface area (Å²) in [6, 6.07) is 13.2. The number of anilines is 1. The molecular formula is C18H22N2O2. The van der Waals surface area contributed by atoms with Crippen LogP contribution < -0.4 is 5.73 Å². The number of nitrogen functional groups attached to an aromatic ring is 1. The number of nitrogens with two attached hydrogens (primary N) is 1. The molecule has 0 saturated heterocycles.